The summed E-state index contributed by atoms with van der Waals surface area (Å²) in [6, 6.07) is 9.38. The Morgan fingerprint density at radius 2 is 2.17 bits per heavy atom. The van der Waals surface area contributed by atoms with Crippen LogP contribution in [0.15, 0.2) is 34.9 Å². The number of aromatic nitrogens is 1. The predicted octanol–water partition coefficient (Wildman–Crippen LogP) is 3.02. The largest absolute Gasteiger partial charge is 0.492 e. The number of ether oxygens (including phenoxy) is 1. The first kappa shape index (κ1) is 18.0. The molecule has 2 aromatic rings. The fraction of sp³-hybridized carbons (Fsp3) is 0.444. The maximum Gasteiger partial charge on any atom is 0.242 e. The minimum absolute atomic E-state index is 0.0937. The van der Waals surface area contributed by atoms with Gasteiger partial charge in [-0.25, -0.2) is 0 Å². The highest BCUT2D eigenvalue weighted by atomic mass is 16.5. The third kappa shape index (κ3) is 5.09. The molecular formula is C18H25N3O3. The van der Waals surface area contributed by atoms with E-state index in [2.05, 4.69) is 10.5 Å². The minimum Gasteiger partial charge on any atom is -0.492 e. The molecule has 0 aliphatic heterocycles. The van der Waals surface area contributed by atoms with Crippen molar-refractivity contribution in [2.45, 2.75) is 33.2 Å². The molecule has 0 saturated carbocycles. The molecule has 0 aliphatic carbocycles. The number of benzene rings is 1. The van der Waals surface area contributed by atoms with Crippen LogP contribution in [0.25, 0.3) is 0 Å². The highest BCUT2D eigenvalue weighted by Gasteiger charge is 2.22. The Morgan fingerprint density at radius 1 is 1.38 bits per heavy atom. The van der Waals surface area contributed by atoms with E-state index in [4.69, 9.17) is 9.26 Å². The topological polar surface area (TPSA) is 67.6 Å². The second kappa shape index (κ2) is 8.49. The van der Waals surface area contributed by atoms with E-state index in [0.717, 1.165) is 11.3 Å². The molecule has 24 heavy (non-hydrogen) atoms. The number of rotatable bonds is 8. The molecule has 0 fully saturated rings. The number of aryl methyl sites for hydroxylation is 2. The van der Waals surface area contributed by atoms with Crippen molar-refractivity contribution in [3.05, 3.63) is 41.7 Å². The average Bonchev–Trinajstić information content (AvgIpc) is 2.93. The minimum atomic E-state index is -0.247. The van der Waals surface area contributed by atoms with Gasteiger partial charge in [0.25, 0.3) is 0 Å². The van der Waals surface area contributed by atoms with Crippen LogP contribution in [-0.4, -0.2) is 42.2 Å². The van der Waals surface area contributed by atoms with Crippen LogP contribution in [0.3, 0.4) is 0 Å². The SMILES string of the molecule is CC[C@H](C(=O)Nc1cc(C)on1)N(C)CCOc1cccc(C)c1. The zero-order valence-corrected chi connectivity index (χ0v) is 14.7. The van der Waals surface area contributed by atoms with Crippen LogP contribution in [0.1, 0.15) is 24.7 Å². The number of carbonyl (C=O) groups is 1. The van der Waals surface area contributed by atoms with Gasteiger partial charge in [0, 0.05) is 12.6 Å². The summed E-state index contributed by atoms with van der Waals surface area (Å²) in [5, 5.41) is 6.58. The quantitative estimate of drug-likeness (QED) is 0.805. The Bertz CT molecular complexity index is 669. The molecule has 6 nitrogen and oxygen atoms in total. The Hall–Kier alpha value is -2.34. The van der Waals surface area contributed by atoms with Crippen molar-refractivity contribution in [2.24, 2.45) is 0 Å². The molecule has 1 N–H and O–H groups in total. The second-order valence-corrected chi connectivity index (χ2v) is 5.88. The van der Waals surface area contributed by atoms with Gasteiger partial charge in [-0.15, -0.1) is 0 Å². The number of anilines is 1. The summed E-state index contributed by atoms with van der Waals surface area (Å²) in [4.78, 5) is 14.4. The molecule has 1 aromatic carbocycles. The van der Waals surface area contributed by atoms with Gasteiger partial charge in [-0.3, -0.25) is 9.69 Å². The number of nitrogens with one attached hydrogen (secondary N) is 1. The van der Waals surface area contributed by atoms with Crippen molar-refractivity contribution in [3.8, 4) is 5.75 Å². The average molecular weight is 331 g/mol. The van der Waals surface area contributed by atoms with Crippen LogP contribution in [0, 0.1) is 13.8 Å². The van der Waals surface area contributed by atoms with E-state index in [1.54, 1.807) is 13.0 Å². The number of nitrogens with zero attached hydrogens (tertiary/aromatic N) is 2. The van der Waals surface area contributed by atoms with Crippen LogP contribution in [-0.2, 0) is 4.79 Å². The molecule has 0 unspecified atom stereocenters. The summed E-state index contributed by atoms with van der Waals surface area (Å²) in [7, 11) is 1.92. The van der Waals surface area contributed by atoms with Crippen molar-refractivity contribution >= 4 is 11.7 Å². The molecule has 2 rings (SSSR count). The fourth-order valence-corrected chi connectivity index (χ4v) is 2.50. The van der Waals surface area contributed by atoms with Gasteiger partial charge in [0.05, 0.1) is 6.04 Å². The van der Waals surface area contributed by atoms with Gasteiger partial charge in [0.2, 0.25) is 5.91 Å². The highest BCUT2D eigenvalue weighted by molar-refractivity contribution is 5.93. The van der Waals surface area contributed by atoms with Crippen LogP contribution in [0.5, 0.6) is 5.75 Å². The van der Waals surface area contributed by atoms with Gasteiger partial charge in [-0.05, 0) is 45.0 Å². The first-order chi connectivity index (χ1) is 11.5. The second-order valence-electron chi connectivity index (χ2n) is 5.88. The number of carbonyl (C=O) groups excluding carboxylic acids is 1. The lowest BCUT2D eigenvalue weighted by Crippen LogP contribution is -2.43. The first-order valence-electron chi connectivity index (χ1n) is 8.13. The number of likely N-dealkylation sites (N-methyl/N-ethyl adjacent to an activating group) is 1. The number of amides is 1. The fourth-order valence-electron chi connectivity index (χ4n) is 2.50. The maximum atomic E-state index is 12.4. The molecule has 1 heterocycles. The Balaban J connectivity index is 1.84. The van der Waals surface area contributed by atoms with Gasteiger partial charge in [-0.2, -0.15) is 0 Å². The molecular weight excluding hydrogens is 306 g/mol. The van der Waals surface area contributed by atoms with Crippen molar-refractivity contribution in [1.29, 1.82) is 0 Å². The van der Waals surface area contributed by atoms with E-state index in [9.17, 15) is 4.79 Å². The Morgan fingerprint density at radius 3 is 2.79 bits per heavy atom. The van der Waals surface area contributed by atoms with Crippen LogP contribution >= 0.6 is 0 Å². The van der Waals surface area contributed by atoms with E-state index in [1.165, 1.54) is 0 Å². The maximum absolute atomic E-state index is 12.4. The summed E-state index contributed by atoms with van der Waals surface area (Å²) in [6.45, 7) is 6.97. The van der Waals surface area contributed by atoms with E-state index >= 15 is 0 Å². The summed E-state index contributed by atoms with van der Waals surface area (Å²) in [5.74, 6) is 1.86. The van der Waals surface area contributed by atoms with Crippen molar-refractivity contribution < 1.29 is 14.1 Å². The van der Waals surface area contributed by atoms with Crippen molar-refractivity contribution in [3.63, 3.8) is 0 Å². The smallest absolute Gasteiger partial charge is 0.242 e. The Kier molecular flexibility index (Phi) is 6.37. The number of hydrogen-bond donors (Lipinski definition) is 1. The molecule has 1 amide bonds. The lowest BCUT2D eigenvalue weighted by Gasteiger charge is -2.25. The summed E-state index contributed by atoms with van der Waals surface area (Å²) >= 11 is 0. The van der Waals surface area contributed by atoms with E-state index < -0.39 is 0 Å². The zero-order chi connectivity index (χ0) is 17.5. The monoisotopic (exact) mass is 331 g/mol. The summed E-state index contributed by atoms with van der Waals surface area (Å²) in [6.07, 6.45) is 0.698. The highest BCUT2D eigenvalue weighted by Crippen LogP contribution is 2.13. The van der Waals surface area contributed by atoms with Crippen molar-refractivity contribution in [1.82, 2.24) is 10.1 Å². The summed E-state index contributed by atoms with van der Waals surface area (Å²) < 4.78 is 10.7. The molecule has 130 valence electrons. The van der Waals surface area contributed by atoms with Gasteiger partial charge in [0.15, 0.2) is 5.82 Å². The van der Waals surface area contributed by atoms with E-state index in [-0.39, 0.29) is 11.9 Å². The zero-order valence-electron chi connectivity index (χ0n) is 14.7. The van der Waals surface area contributed by atoms with Gasteiger partial charge < -0.3 is 14.6 Å². The number of hydrogen-bond acceptors (Lipinski definition) is 5. The molecule has 0 aliphatic rings. The Labute approximate surface area is 142 Å². The molecule has 0 radical (unpaired) electrons. The molecule has 0 bridgehead atoms. The lowest BCUT2D eigenvalue weighted by atomic mass is 10.2. The van der Waals surface area contributed by atoms with Crippen LogP contribution in [0.2, 0.25) is 0 Å². The van der Waals surface area contributed by atoms with E-state index in [1.807, 2.05) is 50.1 Å². The standard InChI is InChI=1S/C18H25N3O3/c1-5-16(18(22)19-17-12-14(3)24-20-17)21(4)9-10-23-15-8-6-7-13(2)11-15/h6-8,11-12,16H,5,9-10H2,1-4H3,(H,19,20,22)/t16-/m1/s1. The lowest BCUT2D eigenvalue weighted by molar-refractivity contribution is -0.121. The van der Waals surface area contributed by atoms with E-state index in [0.29, 0.717) is 31.2 Å². The van der Waals surface area contributed by atoms with Crippen LogP contribution in [0.4, 0.5) is 5.82 Å². The third-order valence-electron chi connectivity index (χ3n) is 3.80. The first-order valence-corrected chi connectivity index (χ1v) is 8.13. The van der Waals surface area contributed by atoms with Gasteiger partial charge in [0.1, 0.15) is 18.1 Å². The predicted molar refractivity (Wildman–Crippen MR) is 93.3 cm³/mol. The normalized spacial score (nSPS) is 12.2. The van der Waals surface area contributed by atoms with Crippen LogP contribution < -0.4 is 10.1 Å². The van der Waals surface area contributed by atoms with Gasteiger partial charge in [-0.1, -0.05) is 24.2 Å². The van der Waals surface area contributed by atoms with Gasteiger partial charge >= 0.3 is 0 Å². The molecule has 6 heteroatoms. The molecule has 0 spiro atoms. The molecule has 1 aromatic heterocycles. The molecule has 1 atom stereocenters. The third-order valence-corrected chi connectivity index (χ3v) is 3.80. The van der Waals surface area contributed by atoms with Crippen molar-refractivity contribution in [2.75, 3.05) is 25.5 Å². The molecule has 0 saturated heterocycles. The summed E-state index contributed by atoms with van der Waals surface area (Å²) in [5.41, 5.74) is 1.16.